The van der Waals surface area contributed by atoms with Crippen LogP contribution in [-0.2, 0) is 9.59 Å². The molecule has 0 saturated heterocycles. The van der Waals surface area contributed by atoms with Crippen LogP contribution in [0, 0.1) is 0 Å². The van der Waals surface area contributed by atoms with Crippen molar-refractivity contribution in [2.45, 2.75) is 24.3 Å². The number of fused-ring (bicyclic) bond motifs is 1. The molecule has 130 valence electrons. The smallest absolute Gasteiger partial charge is 0.250 e. The lowest BCUT2D eigenvalue weighted by atomic mass is 9.96. The molecular formula is C19H21N3O2S. The van der Waals surface area contributed by atoms with E-state index in [9.17, 15) is 9.59 Å². The number of thioether (sulfide) groups is 1. The van der Waals surface area contributed by atoms with Gasteiger partial charge in [0.25, 0.3) is 0 Å². The van der Waals surface area contributed by atoms with Gasteiger partial charge in [-0.25, -0.2) is 0 Å². The van der Waals surface area contributed by atoms with Crippen LogP contribution in [0.4, 0.5) is 17.1 Å². The molecule has 0 saturated carbocycles. The summed E-state index contributed by atoms with van der Waals surface area (Å²) in [6, 6.07) is 15.2. The number of anilines is 3. The van der Waals surface area contributed by atoms with E-state index in [4.69, 9.17) is 0 Å². The van der Waals surface area contributed by atoms with E-state index in [1.165, 1.54) is 0 Å². The van der Waals surface area contributed by atoms with Crippen LogP contribution in [0.3, 0.4) is 0 Å². The number of hydrogen-bond acceptors (Lipinski definition) is 4. The van der Waals surface area contributed by atoms with E-state index in [0.717, 1.165) is 16.3 Å². The Kier molecular flexibility index (Phi) is 4.72. The highest BCUT2D eigenvalue weighted by atomic mass is 32.2. The van der Waals surface area contributed by atoms with Gasteiger partial charge in [0.2, 0.25) is 11.8 Å². The summed E-state index contributed by atoms with van der Waals surface area (Å²) in [6.07, 6.45) is 2.00. The molecular weight excluding hydrogens is 334 g/mol. The summed E-state index contributed by atoms with van der Waals surface area (Å²) in [5, 5.41) is 6.07. The Morgan fingerprint density at radius 3 is 2.60 bits per heavy atom. The van der Waals surface area contributed by atoms with E-state index < -0.39 is 5.54 Å². The van der Waals surface area contributed by atoms with Crippen LogP contribution in [0.2, 0.25) is 0 Å². The van der Waals surface area contributed by atoms with Crippen LogP contribution in [0.1, 0.15) is 13.8 Å². The standard InChI is InChI=1S/C19H21N3O2S/c1-19(2)18(24)21-13-8-4-6-10-15(13)22(19)17(23)12-20-14-9-5-7-11-16(14)25-3/h4-11,20H,12H2,1-3H3,(H,21,24). The van der Waals surface area contributed by atoms with Crippen molar-refractivity contribution in [3.8, 4) is 0 Å². The van der Waals surface area contributed by atoms with E-state index in [0.29, 0.717) is 5.69 Å². The first-order chi connectivity index (χ1) is 11.9. The minimum absolute atomic E-state index is 0.114. The Labute approximate surface area is 151 Å². The van der Waals surface area contributed by atoms with E-state index in [2.05, 4.69) is 10.6 Å². The lowest BCUT2D eigenvalue weighted by Gasteiger charge is -2.42. The zero-order valence-corrected chi connectivity index (χ0v) is 15.3. The van der Waals surface area contributed by atoms with Gasteiger partial charge in [0.05, 0.1) is 17.9 Å². The number of benzene rings is 2. The molecule has 0 atom stereocenters. The molecule has 2 N–H and O–H groups in total. The summed E-state index contributed by atoms with van der Waals surface area (Å²) < 4.78 is 0. The molecule has 3 rings (SSSR count). The number of nitrogens with one attached hydrogen (secondary N) is 2. The van der Waals surface area contributed by atoms with Crippen molar-refractivity contribution in [2.75, 3.05) is 28.3 Å². The van der Waals surface area contributed by atoms with Crippen molar-refractivity contribution in [1.82, 2.24) is 0 Å². The van der Waals surface area contributed by atoms with Crippen molar-refractivity contribution in [2.24, 2.45) is 0 Å². The fourth-order valence-corrected chi connectivity index (χ4v) is 3.51. The van der Waals surface area contributed by atoms with Gasteiger partial charge in [-0.15, -0.1) is 11.8 Å². The Hall–Kier alpha value is -2.47. The van der Waals surface area contributed by atoms with Gasteiger partial charge < -0.3 is 10.6 Å². The third kappa shape index (κ3) is 3.22. The fourth-order valence-electron chi connectivity index (χ4n) is 2.94. The average Bonchev–Trinajstić information content (AvgIpc) is 2.60. The van der Waals surface area contributed by atoms with Crippen LogP contribution >= 0.6 is 11.8 Å². The first-order valence-corrected chi connectivity index (χ1v) is 9.28. The monoisotopic (exact) mass is 355 g/mol. The molecule has 0 bridgehead atoms. The van der Waals surface area contributed by atoms with Gasteiger partial charge in [0.15, 0.2) is 0 Å². The number of rotatable bonds is 4. The van der Waals surface area contributed by atoms with Crippen LogP contribution in [0.25, 0.3) is 0 Å². The molecule has 5 nitrogen and oxygen atoms in total. The predicted octanol–water partition coefficient (Wildman–Crippen LogP) is 3.58. The van der Waals surface area contributed by atoms with Gasteiger partial charge in [0.1, 0.15) is 5.54 Å². The number of hydrogen-bond donors (Lipinski definition) is 2. The molecule has 6 heteroatoms. The molecule has 0 radical (unpaired) electrons. The minimum Gasteiger partial charge on any atom is -0.375 e. The Morgan fingerprint density at radius 1 is 1.16 bits per heavy atom. The summed E-state index contributed by atoms with van der Waals surface area (Å²) in [4.78, 5) is 28.1. The van der Waals surface area contributed by atoms with Gasteiger partial charge in [-0.1, -0.05) is 24.3 Å². The maximum absolute atomic E-state index is 13.0. The number of amides is 2. The topological polar surface area (TPSA) is 61.4 Å². The van der Waals surface area contributed by atoms with Gasteiger partial charge in [-0.05, 0) is 44.4 Å². The highest BCUT2D eigenvalue weighted by Gasteiger charge is 2.43. The SMILES string of the molecule is CSc1ccccc1NCC(=O)N1c2ccccc2NC(=O)C1(C)C. The highest BCUT2D eigenvalue weighted by molar-refractivity contribution is 7.98. The molecule has 2 aromatic carbocycles. The third-order valence-electron chi connectivity index (χ3n) is 4.29. The van der Waals surface area contributed by atoms with Crippen molar-refractivity contribution in [3.63, 3.8) is 0 Å². The van der Waals surface area contributed by atoms with Gasteiger partial charge in [-0.2, -0.15) is 0 Å². The molecule has 0 aromatic heterocycles. The van der Waals surface area contributed by atoms with E-state index in [1.807, 2.05) is 48.7 Å². The summed E-state index contributed by atoms with van der Waals surface area (Å²) in [7, 11) is 0. The summed E-state index contributed by atoms with van der Waals surface area (Å²) in [5.74, 6) is -0.340. The second kappa shape index (κ2) is 6.80. The summed E-state index contributed by atoms with van der Waals surface area (Å²) in [6.45, 7) is 3.63. The van der Waals surface area contributed by atoms with Crippen LogP contribution in [-0.4, -0.2) is 30.2 Å². The van der Waals surface area contributed by atoms with Crippen molar-refractivity contribution in [3.05, 3.63) is 48.5 Å². The zero-order chi connectivity index (χ0) is 18.0. The zero-order valence-electron chi connectivity index (χ0n) is 14.5. The summed E-state index contributed by atoms with van der Waals surface area (Å²) in [5.41, 5.74) is 1.34. The highest BCUT2D eigenvalue weighted by Crippen LogP contribution is 2.36. The Balaban J connectivity index is 1.86. The minimum atomic E-state index is -0.952. The molecule has 1 aliphatic heterocycles. The average molecular weight is 355 g/mol. The Morgan fingerprint density at radius 2 is 1.84 bits per heavy atom. The molecule has 0 spiro atoms. The number of nitrogens with zero attached hydrogens (tertiary/aromatic N) is 1. The molecule has 0 unspecified atom stereocenters. The van der Waals surface area contributed by atoms with Crippen molar-refractivity contribution < 1.29 is 9.59 Å². The number of carbonyl (C=O) groups is 2. The van der Waals surface area contributed by atoms with Gasteiger partial charge in [0, 0.05) is 10.6 Å². The lowest BCUT2D eigenvalue weighted by molar-refractivity contribution is -0.125. The molecule has 1 heterocycles. The van der Waals surface area contributed by atoms with E-state index >= 15 is 0 Å². The second-order valence-corrected chi connectivity index (χ2v) is 7.16. The lowest BCUT2D eigenvalue weighted by Crippen LogP contribution is -2.59. The molecule has 0 fully saturated rings. The molecule has 2 aromatic rings. The number of carbonyl (C=O) groups excluding carboxylic acids is 2. The molecule has 2 amide bonds. The fraction of sp³-hybridized carbons (Fsp3) is 0.263. The largest absolute Gasteiger partial charge is 0.375 e. The van der Waals surface area contributed by atoms with Crippen molar-refractivity contribution in [1.29, 1.82) is 0 Å². The first-order valence-electron chi connectivity index (χ1n) is 8.05. The second-order valence-electron chi connectivity index (χ2n) is 6.31. The van der Waals surface area contributed by atoms with Crippen LogP contribution in [0.5, 0.6) is 0 Å². The molecule has 25 heavy (non-hydrogen) atoms. The van der Waals surface area contributed by atoms with Gasteiger partial charge in [-0.3, -0.25) is 14.5 Å². The normalized spacial score (nSPS) is 15.3. The number of para-hydroxylation sites is 3. The first kappa shape index (κ1) is 17.4. The maximum Gasteiger partial charge on any atom is 0.250 e. The maximum atomic E-state index is 13.0. The summed E-state index contributed by atoms with van der Waals surface area (Å²) >= 11 is 1.62. The van der Waals surface area contributed by atoms with Gasteiger partial charge >= 0.3 is 0 Å². The van der Waals surface area contributed by atoms with Crippen molar-refractivity contribution >= 4 is 40.6 Å². The molecule has 1 aliphatic rings. The predicted molar refractivity (Wildman–Crippen MR) is 103 cm³/mol. The van der Waals surface area contributed by atoms with Crippen LogP contribution in [0.15, 0.2) is 53.4 Å². The van der Waals surface area contributed by atoms with E-state index in [1.54, 1.807) is 36.6 Å². The Bertz CT molecular complexity index is 820. The van der Waals surface area contributed by atoms with Crippen LogP contribution < -0.4 is 15.5 Å². The third-order valence-corrected chi connectivity index (χ3v) is 5.09. The molecule has 0 aliphatic carbocycles. The van der Waals surface area contributed by atoms with E-state index in [-0.39, 0.29) is 18.4 Å². The quantitative estimate of drug-likeness (QED) is 0.823.